The number of rotatable bonds is 4. The van der Waals surface area contributed by atoms with E-state index in [1.54, 1.807) is 6.92 Å². The summed E-state index contributed by atoms with van der Waals surface area (Å²) in [6.07, 6.45) is 5.00. The second-order valence-corrected chi connectivity index (χ2v) is 3.41. The van der Waals surface area contributed by atoms with Crippen molar-refractivity contribution in [2.75, 3.05) is 12.8 Å². The highest BCUT2D eigenvalue weighted by atomic mass is 32.2. The lowest BCUT2D eigenvalue weighted by Gasteiger charge is -2.02. The van der Waals surface area contributed by atoms with Crippen molar-refractivity contribution in [1.82, 2.24) is 5.32 Å². The maximum absolute atomic E-state index is 8.96. The van der Waals surface area contributed by atoms with E-state index < -0.39 is 0 Å². The second kappa shape index (κ2) is 7.90. The van der Waals surface area contributed by atoms with E-state index in [1.807, 2.05) is 12.4 Å². The Labute approximate surface area is 83.0 Å². The molecule has 4 nitrogen and oxygen atoms in total. The molecule has 0 aliphatic heterocycles. The summed E-state index contributed by atoms with van der Waals surface area (Å²) in [5, 5.41) is 20.4. The van der Waals surface area contributed by atoms with Crippen molar-refractivity contribution < 1.29 is 5.11 Å². The highest BCUT2D eigenvalue weighted by Gasteiger charge is 1.96. The quantitative estimate of drug-likeness (QED) is 0.233. The average molecular weight is 201 g/mol. The molecule has 2 N–H and O–H groups in total. The fourth-order valence-corrected chi connectivity index (χ4v) is 1.14. The van der Waals surface area contributed by atoms with Crippen LogP contribution in [0.5, 0.6) is 0 Å². The number of nitrogens with zero attached hydrogens (tertiary/aromatic N) is 2. The molecule has 0 aromatic carbocycles. The van der Waals surface area contributed by atoms with Crippen LogP contribution >= 0.6 is 11.8 Å². The van der Waals surface area contributed by atoms with Gasteiger partial charge in [-0.2, -0.15) is 5.26 Å². The Hall–Kier alpha value is -0.730. The third-order valence-electron chi connectivity index (χ3n) is 1.39. The molecular weight excluding hydrogens is 186 g/mol. The smallest absolute Gasteiger partial charge is 0.183 e. The minimum Gasteiger partial charge on any atom is -0.393 e. The maximum atomic E-state index is 8.96. The molecule has 0 radical (unpaired) electrons. The van der Waals surface area contributed by atoms with Crippen molar-refractivity contribution in [2.24, 2.45) is 4.99 Å². The molecule has 74 valence electrons. The number of hydrogen-bond donors (Lipinski definition) is 2. The molecule has 0 aromatic heterocycles. The van der Waals surface area contributed by atoms with Gasteiger partial charge in [-0.25, -0.2) is 0 Å². The van der Waals surface area contributed by atoms with E-state index in [9.17, 15) is 0 Å². The number of amidine groups is 1. The summed E-state index contributed by atoms with van der Waals surface area (Å²) in [4.78, 5) is 4.14. The van der Waals surface area contributed by atoms with Gasteiger partial charge in [-0.3, -0.25) is 10.3 Å². The molecule has 0 aromatic rings. The van der Waals surface area contributed by atoms with E-state index in [-0.39, 0.29) is 6.10 Å². The summed E-state index contributed by atoms with van der Waals surface area (Å²) in [6.45, 7) is 2.41. The van der Waals surface area contributed by atoms with Crippen molar-refractivity contribution in [1.29, 1.82) is 5.26 Å². The van der Waals surface area contributed by atoms with Crippen LogP contribution in [0, 0.1) is 11.5 Å². The maximum Gasteiger partial charge on any atom is 0.183 e. The van der Waals surface area contributed by atoms with E-state index in [0.29, 0.717) is 11.7 Å². The van der Waals surface area contributed by atoms with E-state index >= 15 is 0 Å². The van der Waals surface area contributed by atoms with Crippen LogP contribution in [-0.4, -0.2) is 29.2 Å². The third-order valence-corrected chi connectivity index (χ3v) is 2.01. The number of aliphatic hydroxyl groups is 1. The second-order valence-electron chi connectivity index (χ2n) is 2.62. The van der Waals surface area contributed by atoms with Crippen LogP contribution in [0.1, 0.15) is 19.8 Å². The summed E-state index contributed by atoms with van der Waals surface area (Å²) in [5.74, 6) is 0. The van der Waals surface area contributed by atoms with Crippen LogP contribution in [-0.2, 0) is 0 Å². The number of nitriles is 1. The van der Waals surface area contributed by atoms with Gasteiger partial charge in [0, 0.05) is 6.54 Å². The van der Waals surface area contributed by atoms with Crippen molar-refractivity contribution in [3.8, 4) is 6.19 Å². The summed E-state index contributed by atoms with van der Waals surface area (Å²) < 4.78 is 0. The molecular formula is C8H15N3OS. The molecule has 0 saturated heterocycles. The molecule has 0 saturated carbocycles. The lowest BCUT2D eigenvalue weighted by Crippen LogP contribution is -2.13. The Balaban J connectivity index is 3.62. The predicted octanol–water partition coefficient (Wildman–Crippen LogP) is 0.937. The van der Waals surface area contributed by atoms with Gasteiger partial charge in [0.25, 0.3) is 0 Å². The molecule has 0 heterocycles. The average Bonchev–Trinajstić information content (AvgIpc) is 2.10. The Bertz CT molecular complexity index is 198. The Kier molecular flexibility index (Phi) is 7.45. The largest absolute Gasteiger partial charge is 0.393 e. The van der Waals surface area contributed by atoms with E-state index in [4.69, 9.17) is 10.4 Å². The van der Waals surface area contributed by atoms with Gasteiger partial charge in [-0.15, -0.1) is 0 Å². The van der Waals surface area contributed by atoms with Gasteiger partial charge in [-0.1, -0.05) is 11.8 Å². The number of hydrogen-bond acceptors (Lipinski definition) is 4. The first-order valence-electron chi connectivity index (χ1n) is 4.12. The Morgan fingerprint density at radius 2 is 2.46 bits per heavy atom. The first-order valence-corrected chi connectivity index (χ1v) is 5.34. The van der Waals surface area contributed by atoms with Crippen molar-refractivity contribution in [3.63, 3.8) is 0 Å². The molecule has 0 aliphatic carbocycles. The molecule has 1 atom stereocenters. The van der Waals surface area contributed by atoms with E-state index in [1.165, 1.54) is 11.8 Å². The number of thioether (sulfide) groups is 1. The lowest BCUT2D eigenvalue weighted by molar-refractivity contribution is 0.182. The normalized spacial score (nSPS) is 13.5. The third kappa shape index (κ3) is 7.62. The Morgan fingerprint density at radius 1 is 1.77 bits per heavy atom. The van der Waals surface area contributed by atoms with Crippen molar-refractivity contribution >= 4 is 16.9 Å². The summed E-state index contributed by atoms with van der Waals surface area (Å²) in [7, 11) is 0. The number of nitrogens with one attached hydrogen (secondary N) is 1. The van der Waals surface area contributed by atoms with Crippen molar-refractivity contribution in [2.45, 2.75) is 25.9 Å². The zero-order valence-electron chi connectivity index (χ0n) is 7.95. The first-order chi connectivity index (χ1) is 6.20. The van der Waals surface area contributed by atoms with Crippen LogP contribution < -0.4 is 5.32 Å². The molecule has 1 unspecified atom stereocenters. The fraction of sp³-hybridized carbons (Fsp3) is 0.750. The van der Waals surface area contributed by atoms with Crippen LogP contribution in [0.15, 0.2) is 4.99 Å². The van der Waals surface area contributed by atoms with Gasteiger partial charge in [0.2, 0.25) is 0 Å². The Morgan fingerprint density at radius 3 is 2.92 bits per heavy atom. The van der Waals surface area contributed by atoms with Gasteiger partial charge < -0.3 is 5.11 Å². The topological polar surface area (TPSA) is 68.4 Å². The van der Waals surface area contributed by atoms with Crippen LogP contribution in [0.2, 0.25) is 0 Å². The minimum absolute atomic E-state index is 0.267. The van der Waals surface area contributed by atoms with Crippen LogP contribution in [0.25, 0.3) is 0 Å². The predicted molar refractivity (Wildman–Crippen MR) is 55.5 cm³/mol. The highest BCUT2D eigenvalue weighted by molar-refractivity contribution is 8.13. The summed E-state index contributed by atoms with van der Waals surface area (Å²) in [5.41, 5.74) is 0. The summed E-state index contributed by atoms with van der Waals surface area (Å²) in [6, 6.07) is 0. The lowest BCUT2D eigenvalue weighted by atomic mass is 10.2. The first kappa shape index (κ1) is 12.3. The molecule has 0 bridgehead atoms. The van der Waals surface area contributed by atoms with Crippen molar-refractivity contribution in [3.05, 3.63) is 0 Å². The van der Waals surface area contributed by atoms with Gasteiger partial charge in [0.05, 0.1) is 6.10 Å². The molecule has 0 rings (SSSR count). The van der Waals surface area contributed by atoms with Gasteiger partial charge >= 0.3 is 0 Å². The molecule has 13 heavy (non-hydrogen) atoms. The van der Waals surface area contributed by atoms with Gasteiger partial charge in [0.1, 0.15) is 0 Å². The van der Waals surface area contributed by atoms with E-state index in [0.717, 1.165) is 12.8 Å². The molecule has 0 fully saturated rings. The van der Waals surface area contributed by atoms with Crippen LogP contribution in [0.3, 0.4) is 0 Å². The fourth-order valence-electron chi connectivity index (χ4n) is 0.770. The number of aliphatic hydroxyl groups excluding tert-OH is 1. The van der Waals surface area contributed by atoms with Gasteiger partial charge in [-0.05, 0) is 26.0 Å². The molecule has 5 heteroatoms. The molecule has 0 aliphatic rings. The molecule has 0 spiro atoms. The highest BCUT2D eigenvalue weighted by Crippen LogP contribution is 1.99. The standard InChI is InChI=1S/C8H15N3OS/c1-7(12)4-3-5-10-8(13-2)11-6-9/h7,12H,3-5H2,1-2H3,(H,10,11). The zero-order valence-corrected chi connectivity index (χ0v) is 8.77. The molecule has 0 amide bonds. The SMILES string of the molecule is CSC(=NCCCC(C)O)NC#N. The summed E-state index contributed by atoms with van der Waals surface area (Å²) >= 11 is 1.41. The van der Waals surface area contributed by atoms with E-state index in [2.05, 4.69) is 10.3 Å². The van der Waals surface area contributed by atoms with Crippen LogP contribution in [0.4, 0.5) is 0 Å². The van der Waals surface area contributed by atoms with Gasteiger partial charge in [0.15, 0.2) is 11.4 Å². The zero-order chi connectivity index (χ0) is 10.1. The number of aliphatic imine (C=N–C) groups is 1. The minimum atomic E-state index is -0.267. The monoisotopic (exact) mass is 201 g/mol.